The number of β-amino-alcohol motifs (C(OH)–C–C–N with tert-alkyl or cyclic N) is 1. The Hall–Kier alpha value is -2.88. The van der Waals surface area contributed by atoms with Crippen LogP contribution in [0.1, 0.15) is 22.3 Å². The molecule has 10 heteroatoms. The van der Waals surface area contributed by atoms with Crippen molar-refractivity contribution in [3.63, 3.8) is 0 Å². The number of nitrogens with zero attached hydrogens (tertiary/aromatic N) is 1. The van der Waals surface area contributed by atoms with Crippen molar-refractivity contribution in [1.82, 2.24) is 0 Å². The number of benzene rings is 3. The summed E-state index contributed by atoms with van der Waals surface area (Å²) in [5.41, 5.74) is 0.314. The minimum Gasteiger partial charge on any atom is -0.391 e. The van der Waals surface area contributed by atoms with Gasteiger partial charge in [-0.1, -0.05) is 41.9 Å². The van der Waals surface area contributed by atoms with E-state index in [-0.39, 0.29) is 29.2 Å². The summed E-state index contributed by atoms with van der Waals surface area (Å²) in [4.78, 5) is -0.540. The molecule has 0 spiro atoms. The fourth-order valence-electron chi connectivity index (χ4n) is 3.73. The lowest BCUT2D eigenvalue weighted by atomic mass is 9.99. The molecular formula is C24H18ClF4NO3S. The minimum absolute atomic E-state index is 0.158. The van der Waals surface area contributed by atoms with Gasteiger partial charge in [0.05, 0.1) is 33.8 Å². The smallest absolute Gasteiger partial charge is 0.391 e. The second-order valence-corrected chi connectivity index (χ2v) is 10.0. The average molecular weight is 512 g/mol. The van der Waals surface area contributed by atoms with Crippen molar-refractivity contribution in [2.75, 3.05) is 10.8 Å². The van der Waals surface area contributed by atoms with E-state index in [1.165, 1.54) is 30.3 Å². The van der Waals surface area contributed by atoms with E-state index in [2.05, 4.69) is 0 Å². The Morgan fingerprint density at radius 2 is 1.76 bits per heavy atom. The Morgan fingerprint density at radius 1 is 1.03 bits per heavy atom. The number of hydrogen-bond donors (Lipinski definition) is 1. The lowest BCUT2D eigenvalue weighted by Gasteiger charge is -2.33. The number of aliphatic hydroxyl groups excluding tert-OH is 1. The first-order valence-corrected chi connectivity index (χ1v) is 11.9. The molecule has 3 aromatic rings. The molecule has 0 aromatic heterocycles. The van der Waals surface area contributed by atoms with E-state index in [0.29, 0.717) is 17.2 Å². The van der Waals surface area contributed by atoms with Crippen molar-refractivity contribution in [2.45, 2.75) is 23.6 Å². The van der Waals surface area contributed by atoms with E-state index in [9.17, 15) is 31.1 Å². The predicted molar refractivity (Wildman–Crippen MR) is 122 cm³/mol. The number of aliphatic hydroxyl groups is 1. The molecule has 1 N–H and O–H groups in total. The zero-order valence-corrected chi connectivity index (χ0v) is 19.0. The van der Waals surface area contributed by atoms with Crippen molar-refractivity contribution in [3.8, 4) is 0 Å². The summed E-state index contributed by atoms with van der Waals surface area (Å²) in [6, 6.07) is 12.5. The molecule has 4 rings (SSSR count). The van der Waals surface area contributed by atoms with Gasteiger partial charge in [-0.25, -0.2) is 12.8 Å². The van der Waals surface area contributed by atoms with Crippen molar-refractivity contribution < 1.29 is 31.1 Å². The molecule has 1 atom stereocenters. The van der Waals surface area contributed by atoms with Gasteiger partial charge in [0.15, 0.2) is 0 Å². The van der Waals surface area contributed by atoms with Crippen molar-refractivity contribution >= 4 is 39.5 Å². The van der Waals surface area contributed by atoms with Gasteiger partial charge in [0, 0.05) is 12.0 Å². The maximum absolute atomic E-state index is 14.1. The number of sulfonamides is 1. The van der Waals surface area contributed by atoms with Gasteiger partial charge in [-0.15, -0.1) is 0 Å². The van der Waals surface area contributed by atoms with Crippen LogP contribution in [0.4, 0.5) is 23.2 Å². The molecule has 0 aliphatic carbocycles. The molecule has 0 saturated heterocycles. The van der Waals surface area contributed by atoms with Gasteiger partial charge in [0.1, 0.15) is 5.82 Å². The van der Waals surface area contributed by atoms with Gasteiger partial charge in [-0.05, 0) is 53.6 Å². The molecule has 1 heterocycles. The van der Waals surface area contributed by atoms with Crippen LogP contribution in [0.2, 0.25) is 5.02 Å². The molecule has 34 heavy (non-hydrogen) atoms. The summed E-state index contributed by atoms with van der Waals surface area (Å²) in [6.45, 7) is -0.322. The van der Waals surface area contributed by atoms with E-state index in [4.69, 9.17) is 11.6 Å². The van der Waals surface area contributed by atoms with Crippen LogP contribution in [0.5, 0.6) is 0 Å². The molecule has 0 radical (unpaired) electrons. The number of halogens is 5. The fraction of sp³-hybridized carbons (Fsp3) is 0.167. The number of hydrogen-bond acceptors (Lipinski definition) is 3. The van der Waals surface area contributed by atoms with Crippen LogP contribution >= 0.6 is 11.6 Å². The van der Waals surface area contributed by atoms with E-state index < -0.39 is 38.6 Å². The summed E-state index contributed by atoms with van der Waals surface area (Å²) in [5.74, 6) is -0.529. The second kappa shape index (κ2) is 9.05. The second-order valence-electron chi connectivity index (χ2n) is 7.78. The van der Waals surface area contributed by atoms with Gasteiger partial charge in [0.2, 0.25) is 0 Å². The van der Waals surface area contributed by atoms with Crippen LogP contribution in [0.15, 0.2) is 65.6 Å². The molecule has 0 bridgehead atoms. The van der Waals surface area contributed by atoms with Crippen molar-refractivity contribution in [2.24, 2.45) is 0 Å². The molecule has 0 amide bonds. The third-order valence-corrected chi connectivity index (χ3v) is 7.51. The van der Waals surface area contributed by atoms with Crippen LogP contribution in [-0.2, 0) is 22.6 Å². The summed E-state index contributed by atoms with van der Waals surface area (Å²) in [6.07, 6.45) is -2.58. The van der Waals surface area contributed by atoms with Gasteiger partial charge < -0.3 is 5.11 Å². The highest BCUT2D eigenvalue weighted by Gasteiger charge is 2.35. The number of alkyl halides is 3. The van der Waals surface area contributed by atoms with Crippen LogP contribution in [0.25, 0.3) is 12.2 Å². The molecule has 3 aromatic carbocycles. The highest BCUT2D eigenvalue weighted by atomic mass is 35.5. The summed E-state index contributed by atoms with van der Waals surface area (Å²) in [7, 11) is -4.42. The Morgan fingerprint density at radius 3 is 2.47 bits per heavy atom. The average Bonchev–Trinajstić information content (AvgIpc) is 2.78. The molecule has 1 aliphatic rings. The zero-order chi connectivity index (χ0) is 24.7. The summed E-state index contributed by atoms with van der Waals surface area (Å²) >= 11 is 6.04. The highest BCUT2D eigenvalue weighted by molar-refractivity contribution is 7.92. The fourth-order valence-corrected chi connectivity index (χ4v) is 5.54. The first-order valence-electron chi connectivity index (χ1n) is 10.1. The third kappa shape index (κ3) is 4.82. The number of rotatable bonds is 4. The monoisotopic (exact) mass is 511 g/mol. The topological polar surface area (TPSA) is 57.6 Å². The number of fused-ring (bicyclic) bond motifs is 1. The summed E-state index contributed by atoms with van der Waals surface area (Å²) in [5, 5.41) is 10.4. The van der Waals surface area contributed by atoms with E-state index in [1.807, 2.05) is 0 Å². The lowest BCUT2D eigenvalue weighted by Crippen LogP contribution is -2.42. The molecule has 4 nitrogen and oxygen atoms in total. The Kier molecular flexibility index (Phi) is 6.46. The van der Waals surface area contributed by atoms with Gasteiger partial charge in [-0.3, -0.25) is 4.31 Å². The zero-order valence-electron chi connectivity index (χ0n) is 17.4. The van der Waals surface area contributed by atoms with Crippen LogP contribution in [0, 0.1) is 5.82 Å². The van der Waals surface area contributed by atoms with E-state index >= 15 is 0 Å². The van der Waals surface area contributed by atoms with E-state index in [1.54, 1.807) is 18.2 Å². The van der Waals surface area contributed by atoms with E-state index in [0.717, 1.165) is 22.5 Å². The molecule has 1 aliphatic heterocycles. The van der Waals surface area contributed by atoms with Crippen LogP contribution in [-0.4, -0.2) is 26.2 Å². The first-order chi connectivity index (χ1) is 16.0. The number of anilines is 1. The molecule has 178 valence electrons. The Bertz CT molecular complexity index is 1350. The standard InChI is InChI=1S/C24H18ClF4NO3S/c25-21-5-2-6-22(26)20(21)10-8-15-7-9-16-12-18(31)14-30(23(16)11-15)34(32,33)19-4-1-3-17(13-19)24(27,28)29/h1-11,13,18,31H,12,14H2. The Balaban J connectivity index is 1.75. The van der Waals surface area contributed by atoms with Gasteiger partial charge >= 0.3 is 6.18 Å². The van der Waals surface area contributed by atoms with Gasteiger partial charge in [-0.2, -0.15) is 13.2 Å². The predicted octanol–water partition coefficient (Wildman–Crippen LogP) is 5.78. The van der Waals surface area contributed by atoms with Crippen molar-refractivity contribution in [3.05, 3.63) is 93.8 Å². The molecule has 0 fully saturated rings. The molecular weight excluding hydrogens is 494 g/mol. The normalized spacial score (nSPS) is 16.6. The SMILES string of the molecule is O=S(=O)(c1cccc(C(F)(F)F)c1)N1CC(O)Cc2ccc(C=Cc3c(F)cccc3Cl)cc21. The maximum Gasteiger partial charge on any atom is 0.416 e. The maximum atomic E-state index is 14.1. The largest absolute Gasteiger partial charge is 0.416 e. The lowest BCUT2D eigenvalue weighted by molar-refractivity contribution is -0.137. The Labute approximate surface area is 198 Å². The van der Waals surface area contributed by atoms with Crippen LogP contribution < -0.4 is 4.31 Å². The summed E-state index contributed by atoms with van der Waals surface area (Å²) < 4.78 is 81.0. The van der Waals surface area contributed by atoms with Crippen LogP contribution in [0.3, 0.4) is 0 Å². The van der Waals surface area contributed by atoms with Crippen molar-refractivity contribution in [1.29, 1.82) is 0 Å². The molecule has 1 unspecified atom stereocenters. The quantitative estimate of drug-likeness (QED) is 0.357. The highest BCUT2D eigenvalue weighted by Crippen LogP contribution is 2.36. The molecule has 0 saturated carbocycles. The van der Waals surface area contributed by atoms with Gasteiger partial charge in [0.25, 0.3) is 10.0 Å². The minimum atomic E-state index is -4.71. The first kappa shape index (κ1) is 24.3. The third-order valence-electron chi connectivity index (χ3n) is 5.40.